The highest BCUT2D eigenvalue weighted by Crippen LogP contribution is 2.12. The van der Waals surface area contributed by atoms with Crippen molar-refractivity contribution < 1.29 is 33.3 Å². The topological polar surface area (TPSA) is 92.3 Å². The Kier molecular flexibility index (Phi) is 23.3. The molecule has 0 aliphatic rings. The maximum absolute atomic E-state index is 12.1. The van der Waals surface area contributed by atoms with Crippen molar-refractivity contribution in [3.05, 3.63) is 29.8 Å². The van der Waals surface area contributed by atoms with Gasteiger partial charge in [-0.3, -0.25) is 4.79 Å². The van der Waals surface area contributed by atoms with Crippen LogP contribution in [-0.4, -0.2) is 71.3 Å². The van der Waals surface area contributed by atoms with E-state index in [1.54, 1.807) is 12.1 Å². The Morgan fingerprint density at radius 2 is 1.08 bits per heavy atom. The highest BCUT2D eigenvalue weighted by Gasteiger charge is 2.07. The van der Waals surface area contributed by atoms with Crippen molar-refractivity contribution in [3.63, 3.8) is 0 Å². The van der Waals surface area contributed by atoms with Crippen LogP contribution in [0.15, 0.2) is 24.3 Å². The van der Waals surface area contributed by atoms with Gasteiger partial charge in [-0.2, -0.15) is 0 Å². The predicted octanol–water partition coefficient (Wildman–Crippen LogP) is 6.57. The molecule has 1 N–H and O–H groups in total. The number of benzene rings is 1. The van der Waals surface area contributed by atoms with Crippen molar-refractivity contribution in [3.8, 4) is 0 Å². The number of ether oxygens (including phenoxy) is 5. The number of unbranched alkanes of at least 4 members (excludes halogenated alkanes) is 9. The molecule has 8 heteroatoms. The van der Waals surface area contributed by atoms with Crippen LogP contribution in [0.25, 0.3) is 0 Å². The molecule has 0 spiro atoms. The minimum atomic E-state index is -0.360. The zero-order valence-corrected chi connectivity index (χ0v) is 24.5. The summed E-state index contributed by atoms with van der Waals surface area (Å²) in [6.07, 6.45) is 13.8. The summed E-state index contributed by atoms with van der Waals surface area (Å²) in [5.74, 6) is -0.505. The standard InChI is InChI=1S/C31H53NO7/c1-3-5-7-8-9-10-11-12-13-14-30(33)38-26-24-36-22-20-35-21-23-37-25-27-39-31(34)28-15-17-29(18-16-28)32-19-6-4-2/h15-18,32H,3-14,19-27H2,1-2H3. The van der Waals surface area contributed by atoms with E-state index in [2.05, 4.69) is 19.2 Å². The first-order valence-corrected chi connectivity index (χ1v) is 15.1. The highest BCUT2D eigenvalue weighted by atomic mass is 16.6. The molecule has 0 saturated heterocycles. The van der Waals surface area contributed by atoms with E-state index >= 15 is 0 Å². The molecule has 0 aliphatic carbocycles. The van der Waals surface area contributed by atoms with Crippen LogP contribution in [0, 0.1) is 0 Å². The summed E-state index contributed by atoms with van der Waals surface area (Å²) >= 11 is 0. The fourth-order valence-electron chi connectivity index (χ4n) is 3.82. The number of rotatable bonds is 27. The van der Waals surface area contributed by atoms with E-state index in [9.17, 15) is 9.59 Å². The third-order valence-corrected chi connectivity index (χ3v) is 6.16. The van der Waals surface area contributed by atoms with E-state index < -0.39 is 0 Å². The van der Waals surface area contributed by atoms with Crippen molar-refractivity contribution in [2.75, 3.05) is 64.7 Å². The van der Waals surface area contributed by atoms with E-state index in [0.29, 0.717) is 51.6 Å². The number of nitrogens with one attached hydrogen (secondary N) is 1. The molecule has 0 saturated carbocycles. The number of anilines is 1. The quantitative estimate of drug-likeness (QED) is 0.0970. The Morgan fingerprint density at radius 1 is 0.590 bits per heavy atom. The lowest BCUT2D eigenvalue weighted by molar-refractivity contribution is -0.145. The van der Waals surface area contributed by atoms with Gasteiger partial charge in [-0.1, -0.05) is 71.6 Å². The van der Waals surface area contributed by atoms with Gasteiger partial charge in [0.25, 0.3) is 0 Å². The third-order valence-electron chi connectivity index (χ3n) is 6.16. The Bertz CT molecular complexity index is 711. The zero-order valence-electron chi connectivity index (χ0n) is 24.5. The molecule has 224 valence electrons. The molecule has 0 heterocycles. The first-order chi connectivity index (χ1) is 19.2. The minimum Gasteiger partial charge on any atom is -0.463 e. The molecule has 1 aromatic carbocycles. The lowest BCUT2D eigenvalue weighted by Crippen LogP contribution is -2.15. The van der Waals surface area contributed by atoms with E-state index in [-0.39, 0.29) is 25.2 Å². The molecule has 0 aromatic heterocycles. The average molecular weight is 552 g/mol. The van der Waals surface area contributed by atoms with Gasteiger partial charge in [0.05, 0.1) is 45.2 Å². The largest absolute Gasteiger partial charge is 0.463 e. The number of hydrogen-bond acceptors (Lipinski definition) is 8. The van der Waals surface area contributed by atoms with Gasteiger partial charge in [0.15, 0.2) is 0 Å². The van der Waals surface area contributed by atoms with Crippen LogP contribution in [0.5, 0.6) is 0 Å². The second-order valence-electron chi connectivity index (χ2n) is 9.63. The summed E-state index contributed by atoms with van der Waals surface area (Å²) in [6.45, 7) is 8.16. The Hall–Kier alpha value is -2.16. The predicted molar refractivity (Wildman–Crippen MR) is 155 cm³/mol. The van der Waals surface area contributed by atoms with E-state index in [1.807, 2.05) is 12.1 Å². The van der Waals surface area contributed by atoms with Crippen LogP contribution in [0.3, 0.4) is 0 Å². The first kappa shape index (κ1) is 34.9. The summed E-state index contributed by atoms with van der Waals surface area (Å²) in [4.78, 5) is 23.8. The smallest absolute Gasteiger partial charge is 0.338 e. The molecule has 0 unspecified atom stereocenters. The monoisotopic (exact) mass is 551 g/mol. The molecule has 0 amide bonds. The lowest BCUT2D eigenvalue weighted by Gasteiger charge is -2.09. The van der Waals surface area contributed by atoms with Crippen LogP contribution < -0.4 is 5.32 Å². The molecule has 0 fully saturated rings. The summed E-state index contributed by atoms with van der Waals surface area (Å²) in [7, 11) is 0. The minimum absolute atomic E-state index is 0.145. The number of carbonyl (C=O) groups excluding carboxylic acids is 2. The molecule has 1 rings (SSSR count). The maximum Gasteiger partial charge on any atom is 0.338 e. The summed E-state index contributed by atoms with van der Waals surface area (Å²) in [5, 5.41) is 3.31. The Morgan fingerprint density at radius 3 is 1.64 bits per heavy atom. The maximum atomic E-state index is 12.1. The number of carbonyl (C=O) groups is 2. The zero-order chi connectivity index (χ0) is 28.2. The summed E-state index contributed by atoms with van der Waals surface area (Å²) in [6, 6.07) is 7.29. The number of hydrogen-bond donors (Lipinski definition) is 1. The fourth-order valence-corrected chi connectivity index (χ4v) is 3.82. The molecule has 8 nitrogen and oxygen atoms in total. The first-order valence-electron chi connectivity index (χ1n) is 15.1. The van der Waals surface area contributed by atoms with Crippen LogP contribution in [0.1, 0.15) is 101 Å². The van der Waals surface area contributed by atoms with Gasteiger partial charge in [0, 0.05) is 18.7 Å². The lowest BCUT2D eigenvalue weighted by atomic mass is 10.1. The van der Waals surface area contributed by atoms with Crippen molar-refractivity contribution in [2.24, 2.45) is 0 Å². The molecule has 0 aliphatic heterocycles. The molecular weight excluding hydrogens is 498 g/mol. The third kappa shape index (κ3) is 21.4. The van der Waals surface area contributed by atoms with Crippen molar-refractivity contribution in [1.29, 1.82) is 0 Å². The molecule has 0 bridgehead atoms. The van der Waals surface area contributed by atoms with Crippen molar-refractivity contribution in [1.82, 2.24) is 0 Å². The molecule has 39 heavy (non-hydrogen) atoms. The number of esters is 2. The summed E-state index contributed by atoms with van der Waals surface area (Å²) < 4.78 is 26.7. The Balaban J connectivity index is 1.83. The molecule has 0 atom stereocenters. The second-order valence-corrected chi connectivity index (χ2v) is 9.63. The van der Waals surface area contributed by atoms with Crippen LogP contribution in [0.2, 0.25) is 0 Å². The van der Waals surface area contributed by atoms with Gasteiger partial charge in [-0.05, 0) is 37.1 Å². The van der Waals surface area contributed by atoms with E-state index in [1.165, 1.54) is 44.9 Å². The second kappa shape index (κ2) is 26.1. The average Bonchev–Trinajstić information content (AvgIpc) is 2.95. The van der Waals surface area contributed by atoms with Crippen LogP contribution in [0.4, 0.5) is 5.69 Å². The molecule has 1 aromatic rings. The van der Waals surface area contributed by atoms with Crippen molar-refractivity contribution >= 4 is 17.6 Å². The van der Waals surface area contributed by atoms with Crippen LogP contribution >= 0.6 is 0 Å². The van der Waals surface area contributed by atoms with Gasteiger partial charge in [-0.25, -0.2) is 4.79 Å². The molecule has 0 radical (unpaired) electrons. The van der Waals surface area contributed by atoms with Gasteiger partial charge < -0.3 is 29.0 Å². The van der Waals surface area contributed by atoms with Crippen LogP contribution in [-0.2, 0) is 28.5 Å². The van der Waals surface area contributed by atoms with Gasteiger partial charge in [0.1, 0.15) is 13.2 Å². The highest BCUT2D eigenvalue weighted by molar-refractivity contribution is 5.89. The SMILES string of the molecule is CCCCCCCCCCCC(=O)OCCOCCOCCOCCOC(=O)c1ccc(NCCCC)cc1. The normalized spacial score (nSPS) is 10.9. The van der Waals surface area contributed by atoms with E-state index in [4.69, 9.17) is 23.7 Å². The van der Waals surface area contributed by atoms with E-state index in [0.717, 1.165) is 37.9 Å². The van der Waals surface area contributed by atoms with Gasteiger partial charge in [-0.15, -0.1) is 0 Å². The fraction of sp³-hybridized carbons (Fsp3) is 0.742. The van der Waals surface area contributed by atoms with Gasteiger partial charge in [0.2, 0.25) is 0 Å². The molecular formula is C31H53NO7. The Labute approximate surface area is 236 Å². The summed E-state index contributed by atoms with van der Waals surface area (Å²) in [5.41, 5.74) is 1.52. The van der Waals surface area contributed by atoms with Gasteiger partial charge >= 0.3 is 11.9 Å². The van der Waals surface area contributed by atoms with Crippen molar-refractivity contribution in [2.45, 2.75) is 90.9 Å².